The fourth-order valence-electron chi connectivity index (χ4n) is 9.94. The largest absolute Gasteiger partial charge is 0.619 e. The van der Waals surface area contributed by atoms with E-state index in [1.807, 2.05) is 73.1 Å². The quantitative estimate of drug-likeness (QED) is 0.0164. The van der Waals surface area contributed by atoms with Gasteiger partial charge in [0.25, 0.3) is 11.8 Å². The average Bonchev–Trinajstić information content (AvgIpc) is 1.79. The molecule has 20 nitrogen and oxygen atoms in total. The summed E-state index contributed by atoms with van der Waals surface area (Å²) in [4.78, 5) is 39.4. The molecular weight excluding hydrogens is 1250 g/mol. The van der Waals surface area contributed by atoms with Crippen molar-refractivity contribution < 1.29 is 52.8 Å². The maximum atomic E-state index is 13.6. The number of carbonyl (C=O) groups is 2. The van der Waals surface area contributed by atoms with E-state index in [0.29, 0.717) is 76.4 Å². The summed E-state index contributed by atoms with van der Waals surface area (Å²) >= 11 is 25.3. The Balaban J connectivity index is 0.000000204. The Labute approximate surface area is 539 Å². The SMILES string of the molecule is CO[n+]1ccc(CN(Cc2cc[n+](O)cc2)Cc2ccc(-c3cn[nH]c3-c3c[nH]c(C(=O)N[C@H](CO)c4ccc(F)c(Cl)c4)c3)cc2Cl)cc1.O=C(N[C@H](CO)c1ccc(F)c(Cl)c1)c1cc(-c2[nH]ncc2-c2ccc(CNCc3cc[n+]([O-])cc3)c(Cl)c2)c[nH]1. The predicted octanol–water partition coefficient (Wildman–Crippen LogP) is 9.96. The molecule has 2 amide bonds. The summed E-state index contributed by atoms with van der Waals surface area (Å²) in [6, 6.07) is 32.6. The molecule has 0 bridgehead atoms. The van der Waals surface area contributed by atoms with Crippen molar-refractivity contribution in [1.29, 1.82) is 0 Å². The normalized spacial score (nSPS) is 11.9. The van der Waals surface area contributed by atoms with Crippen LogP contribution in [0.15, 0.2) is 183 Å². The highest BCUT2D eigenvalue weighted by Gasteiger charge is 2.23. The molecule has 11 aromatic rings. The third-order valence-electron chi connectivity index (χ3n) is 14.8. The fourth-order valence-corrected chi connectivity index (χ4v) is 10.8. The first-order valence-corrected chi connectivity index (χ1v) is 29.6. The lowest BCUT2D eigenvalue weighted by molar-refractivity contribution is -0.904. The van der Waals surface area contributed by atoms with Crippen molar-refractivity contribution in [1.82, 2.24) is 51.2 Å². The average molecular weight is 1310 g/mol. The smallest absolute Gasteiger partial charge is 0.268 e. The minimum absolute atomic E-state index is 0.0974. The van der Waals surface area contributed by atoms with E-state index >= 15 is 0 Å². The van der Waals surface area contributed by atoms with Gasteiger partial charge >= 0.3 is 0 Å². The Hall–Kier alpha value is -9.49. The maximum absolute atomic E-state index is 13.6. The van der Waals surface area contributed by atoms with Crippen molar-refractivity contribution in [2.24, 2.45) is 0 Å². The van der Waals surface area contributed by atoms with E-state index in [2.05, 4.69) is 51.2 Å². The number of amides is 2. The zero-order chi connectivity index (χ0) is 64.1. The first-order chi connectivity index (χ1) is 44.0. The number of carbonyl (C=O) groups excluding carboxylic acids is 2. The second kappa shape index (κ2) is 29.9. The van der Waals surface area contributed by atoms with Gasteiger partial charge in [-0.25, -0.2) is 8.78 Å². The molecule has 0 fully saturated rings. The van der Waals surface area contributed by atoms with Gasteiger partial charge in [0.15, 0.2) is 12.4 Å². The first kappa shape index (κ1) is 64.5. The van der Waals surface area contributed by atoms with Gasteiger partial charge in [0.05, 0.1) is 59.1 Å². The number of halogens is 6. The van der Waals surface area contributed by atoms with Crippen LogP contribution in [0.1, 0.15) is 72.0 Å². The molecule has 91 heavy (non-hydrogen) atoms. The summed E-state index contributed by atoms with van der Waals surface area (Å²) in [5, 5.41) is 64.8. The highest BCUT2D eigenvalue weighted by molar-refractivity contribution is 6.32. The van der Waals surface area contributed by atoms with Gasteiger partial charge in [-0.05, 0) is 98.6 Å². The van der Waals surface area contributed by atoms with Crippen molar-refractivity contribution in [2.75, 3.05) is 20.3 Å². The standard InChI is InChI=1S/C36H33Cl2FN7O4.C29H25Cl2FN6O3/c1-50-46-12-8-24(9-13-46)20-44(19-23-6-10-45(49)11-7-23)21-27-3-2-25(14-30(27)37)29-18-41-43-35(29)28-16-33(40-17-28)36(48)42-34(22-47)26-4-5-32(39)31(38)15-26;30-23-9-18(1-2-20(23)13-33-12-17-5-7-38(41)8-6-17)22-15-35-37-28(22)21-11-26(34-14-21)29(40)36-27(16-39)19-3-4-25(32)24(31)10-19/h2-18,34,47H,19-22H2,1H3,(H3-,40,41,42,43,48,49);1-11,14-15,27,33-34,39H,12-13,16H2,(H,35,37)(H,36,40)/q+1;/p+1/t34-;27-/m11/s1. The molecule has 26 heteroatoms. The highest BCUT2D eigenvalue weighted by atomic mass is 35.5. The summed E-state index contributed by atoms with van der Waals surface area (Å²) in [7, 11) is 1.60. The van der Waals surface area contributed by atoms with Crippen molar-refractivity contribution in [2.45, 2.75) is 44.8 Å². The van der Waals surface area contributed by atoms with Gasteiger partial charge in [0, 0.05) is 123 Å². The number of aliphatic hydroxyl groups excluding tert-OH is 2. The van der Waals surface area contributed by atoms with Crippen LogP contribution in [-0.4, -0.2) is 82.8 Å². The number of nitrogens with zero attached hydrogens (tertiary/aromatic N) is 6. The number of rotatable bonds is 23. The van der Waals surface area contributed by atoms with Crippen LogP contribution in [0.2, 0.25) is 20.1 Å². The molecule has 0 aliphatic carbocycles. The van der Waals surface area contributed by atoms with Crippen LogP contribution in [-0.2, 0) is 32.7 Å². The number of aromatic amines is 4. The van der Waals surface area contributed by atoms with Gasteiger partial charge in [0.1, 0.15) is 30.1 Å². The molecule has 0 aliphatic heterocycles. The fraction of sp³-hybridized carbons (Fsp3) is 0.154. The molecular formula is C65H59Cl4F2N13O7+2. The van der Waals surface area contributed by atoms with E-state index in [0.717, 1.165) is 59.5 Å². The van der Waals surface area contributed by atoms with Gasteiger partial charge in [-0.1, -0.05) is 82.8 Å². The number of aromatic nitrogens is 9. The molecule has 4 aromatic carbocycles. The molecule has 0 radical (unpaired) electrons. The van der Waals surface area contributed by atoms with Gasteiger partial charge in [-0.3, -0.25) is 34.7 Å². The second-order valence-electron chi connectivity index (χ2n) is 20.9. The van der Waals surface area contributed by atoms with Crippen LogP contribution >= 0.6 is 46.4 Å². The van der Waals surface area contributed by atoms with E-state index in [-0.39, 0.29) is 21.4 Å². The lowest BCUT2D eigenvalue weighted by Crippen LogP contribution is -2.39. The number of hydrogen-bond donors (Lipinski definition) is 10. The van der Waals surface area contributed by atoms with E-state index in [1.165, 1.54) is 48.8 Å². The number of nitrogens with one attached hydrogen (secondary N) is 7. The van der Waals surface area contributed by atoms with E-state index in [9.17, 15) is 39.0 Å². The zero-order valence-corrected chi connectivity index (χ0v) is 51.4. The number of hydrogen-bond acceptors (Lipinski definition) is 11. The Morgan fingerprint density at radius 2 is 1.05 bits per heavy atom. The van der Waals surface area contributed by atoms with Crippen LogP contribution in [0.3, 0.4) is 0 Å². The third kappa shape index (κ3) is 16.3. The Bertz CT molecular complexity index is 4300. The molecule has 0 spiro atoms. The second-order valence-corrected chi connectivity index (χ2v) is 22.6. The summed E-state index contributed by atoms with van der Waals surface area (Å²) in [5.74, 6) is -2.10. The molecule has 7 heterocycles. The van der Waals surface area contributed by atoms with E-state index < -0.39 is 48.7 Å². The Morgan fingerprint density at radius 3 is 1.52 bits per heavy atom. The lowest BCUT2D eigenvalue weighted by Gasteiger charge is -2.23. The van der Waals surface area contributed by atoms with E-state index in [4.69, 9.17) is 51.2 Å². The zero-order valence-electron chi connectivity index (χ0n) is 48.4. The van der Waals surface area contributed by atoms with Crippen LogP contribution in [0.25, 0.3) is 44.8 Å². The number of benzene rings is 4. The molecule has 0 unspecified atom stereocenters. The van der Waals surface area contributed by atoms with Crippen molar-refractivity contribution in [3.63, 3.8) is 0 Å². The van der Waals surface area contributed by atoms with Gasteiger partial charge in [-0.15, -0.1) is 0 Å². The van der Waals surface area contributed by atoms with Crippen molar-refractivity contribution in [3.8, 4) is 44.8 Å². The number of pyridine rings is 3. The molecule has 0 aliphatic rings. The van der Waals surface area contributed by atoms with Crippen LogP contribution < -0.4 is 35.0 Å². The van der Waals surface area contributed by atoms with Crippen molar-refractivity contribution >= 4 is 58.2 Å². The summed E-state index contributed by atoms with van der Waals surface area (Å²) in [5.41, 5.74) is 12.4. The minimum atomic E-state index is -0.790. The Morgan fingerprint density at radius 1 is 0.582 bits per heavy atom. The molecule has 0 saturated carbocycles. The molecule has 11 rings (SSSR count). The predicted molar refractivity (Wildman–Crippen MR) is 337 cm³/mol. The molecule has 10 N–H and O–H groups in total. The number of H-pyrrole nitrogens is 4. The van der Waals surface area contributed by atoms with Gasteiger partial charge in [-0.2, -0.15) is 14.9 Å². The first-order valence-electron chi connectivity index (χ1n) is 28.1. The van der Waals surface area contributed by atoms with Crippen LogP contribution in [0.5, 0.6) is 0 Å². The van der Waals surface area contributed by atoms with E-state index in [1.54, 1.807) is 73.3 Å². The molecule has 0 saturated heterocycles. The highest BCUT2D eigenvalue weighted by Crippen LogP contribution is 2.36. The maximum Gasteiger partial charge on any atom is 0.268 e. The molecule has 7 aromatic heterocycles. The van der Waals surface area contributed by atoms with Crippen LogP contribution in [0, 0.1) is 16.8 Å². The number of aliphatic hydroxyl groups is 2. The van der Waals surface area contributed by atoms with Crippen molar-refractivity contribution in [3.05, 3.63) is 271 Å². The molecule has 466 valence electrons. The summed E-state index contributed by atoms with van der Waals surface area (Å²) < 4.78 is 30.5. The Kier molecular flexibility index (Phi) is 21.2. The minimum Gasteiger partial charge on any atom is -0.619 e. The summed E-state index contributed by atoms with van der Waals surface area (Å²) in [6.07, 6.45) is 16.5. The van der Waals surface area contributed by atoms with Crippen LogP contribution in [0.4, 0.5) is 8.78 Å². The third-order valence-corrected chi connectivity index (χ3v) is 16.1. The van der Waals surface area contributed by atoms with Gasteiger partial charge in [0.2, 0.25) is 24.8 Å². The monoisotopic (exact) mass is 1310 g/mol. The van der Waals surface area contributed by atoms with Gasteiger partial charge < -0.3 is 41.3 Å². The topological polar surface area (TPSA) is 267 Å². The lowest BCUT2D eigenvalue weighted by atomic mass is 10.0. The molecule has 2 atom stereocenters. The summed E-state index contributed by atoms with van der Waals surface area (Å²) in [6.45, 7) is 2.14.